The molecule has 0 aromatic heterocycles. The molecule has 0 saturated heterocycles. The summed E-state index contributed by atoms with van der Waals surface area (Å²) in [7, 11) is 0. The summed E-state index contributed by atoms with van der Waals surface area (Å²) in [6, 6.07) is 0. The molecule has 0 N–H and O–H groups in total. The van der Waals surface area contributed by atoms with Gasteiger partial charge in [0.2, 0.25) is 0 Å². The third kappa shape index (κ3) is 2.70. The van der Waals surface area contributed by atoms with Crippen molar-refractivity contribution >= 4 is 11.6 Å². The second kappa shape index (κ2) is 5.06. The molecule has 1 unspecified atom stereocenters. The summed E-state index contributed by atoms with van der Waals surface area (Å²) in [6.07, 6.45) is -0.402. The summed E-state index contributed by atoms with van der Waals surface area (Å²) >= 11 is 5.71. The summed E-state index contributed by atoms with van der Waals surface area (Å²) < 4.78 is 84.0. The van der Waals surface area contributed by atoms with Gasteiger partial charge < -0.3 is 0 Å². The van der Waals surface area contributed by atoms with Crippen LogP contribution in [0.4, 0.5) is 30.7 Å². The molecule has 0 aromatic rings. The molecule has 2 saturated carbocycles. The van der Waals surface area contributed by atoms with Crippen molar-refractivity contribution in [3.63, 3.8) is 0 Å². The largest absolute Gasteiger partial charge is 0.375 e. The first-order valence-corrected chi connectivity index (χ1v) is 5.87. The molecule has 0 amide bonds. The molecule has 0 radical (unpaired) electrons. The highest BCUT2D eigenvalue weighted by Crippen LogP contribution is 2.57. The average Bonchev–Trinajstić information content (AvgIpc) is 2.71. The van der Waals surface area contributed by atoms with Gasteiger partial charge in [-0.05, 0) is 12.8 Å². The zero-order valence-corrected chi connectivity index (χ0v) is 9.97. The van der Waals surface area contributed by atoms with Crippen LogP contribution in [0.2, 0.25) is 0 Å². The third-order valence-electron chi connectivity index (χ3n) is 2.99. The van der Waals surface area contributed by atoms with Gasteiger partial charge in [0.15, 0.2) is 6.17 Å². The van der Waals surface area contributed by atoms with Gasteiger partial charge in [0.25, 0.3) is 0 Å². The van der Waals surface area contributed by atoms with E-state index in [4.69, 9.17) is 11.6 Å². The van der Waals surface area contributed by atoms with Crippen LogP contribution in [0.5, 0.6) is 0 Å². The van der Waals surface area contributed by atoms with Crippen molar-refractivity contribution in [2.45, 2.75) is 61.4 Å². The Hall–Kier alpha value is -0.200. The standard InChI is InChI=1S/C5H9Cl.C5H3F7/c6-5-3-1-2-4-5;6-2-1-3(7,8)5(11,12)4(2,9)10/h5H,1-4H2;2H,1H2. The highest BCUT2D eigenvalue weighted by atomic mass is 35.5. The highest BCUT2D eigenvalue weighted by molar-refractivity contribution is 6.20. The van der Waals surface area contributed by atoms with Crippen LogP contribution in [0.15, 0.2) is 0 Å². The second-order valence-electron chi connectivity index (χ2n) is 4.46. The van der Waals surface area contributed by atoms with Gasteiger partial charge in [-0.3, -0.25) is 0 Å². The fourth-order valence-electron chi connectivity index (χ4n) is 1.80. The molecular weight excluding hydrogens is 289 g/mol. The topological polar surface area (TPSA) is 0 Å². The van der Waals surface area contributed by atoms with Crippen LogP contribution in [-0.4, -0.2) is 29.3 Å². The highest BCUT2D eigenvalue weighted by Gasteiger charge is 2.81. The molecule has 2 aliphatic carbocycles. The lowest BCUT2D eigenvalue weighted by Gasteiger charge is -2.22. The summed E-state index contributed by atoms with van der Waals surface area (Å²) in [5.74, 6) is -15.8. The molecule has 2 rings (SSSR count). The average molecular weight is 301 g/mol. The van der Waals surface area contributed by atoms with Crippen molar-refractivity contribution < 1.29 is 30.7 Å². The Labute approximate surface area is 104 Å². The first-order valence-electron chi connectivity index (χ1n) is 5.44. The molecule has 8 heteroatoms. The van der Waals surface area contributed by atoms with E-state index >= 15 is 0 Å². The first kappa shape index (κ1) is 15.9. The SMILES string of the molecule is ClC1CCCC1.FC1CC(F)(F)C(F)(F)C1(F)F. The molecule has 0 nitrogen and oxygen atoms in total. The van der Waals surface area contributed by atoms with E-state index in [0.29, 0.717) is 5.38 Å². The lowest BCUT2D eigenvalue weighted by Crippen LogP contribution is -2.48. The Morgan fingerprint density at radius 3 is 1.44 bits per heavy atom. The fraction of sp³-hybridized carbons (Fsp3) is 1.00. The predicted molar refractivity (Wildman–Crippen MR) is 52.5 cm³/mol. The van der Waals surface area contributed by atoms with Crippen LogP contribution < -0.4 is 0 Å². The summed E-state index contributed by atoms with van der Waals surface area (Å²) in [5.41, 5.74) is 0. The summed E-state index contributed by atoms with van der Waals surface area (Å²) in [4.78, 5) is 0. The zero-order chi connectivity index (χ0) is 14.2. The van der Waals surface area contributed by atoms with Crippen molar-refractivity contribution in [3.05, 3.63) is 0 Å². The lowest BCUT2D eigenvalue weighted by molar-refractivity contribution is -0.277. The van der Waals surface area contributed by atoms with Gasteiger partial charge in [0.05, 0.1) is 6.42 Å². The molecule has 1 atom stereocenters. The van der Waals surface area contributed by atoms with Crippen LogP contribution in [0, 0.1) is 0 Å². The second-order valence-corrected chi connectivity index (χ2v) is 5.07. The minimum Gasteiger partial charge on any atom is -0.240 e. The molecule has 0 bridgehead atoms. The molecule has 2 fully saturated rings. The van der Waals surface area contributed by atoms with Gasteiger partial charge >= 0.3 is 17.8 Å². The zero-order valence-electron chi connectivity index (χ0n) is 9.21. The third-order valence-corrected chi connectivity index (χ3v) is 3.43. The maximum absolute atomic E-state index is 12.0. The Morgan fingerprint density at radius 1 is 0.889 bits per heavy atom. The quantitative estimate of drug-likeness (QED) is 0.445. The number of halogens is 8. The number of rotatable bonds is 0. The Balaban J connectivity index is 0.000000225. The van der Waals surface area contributed by atoms with Gasteiger partial charge in [0, 0.05) is 5.38 Å². The van der Waals surface area contributed by atoms with Crippen molar-refractivity contribution in [1.29, 1.82) is 0 Å². The van der Waals surface area contributed by atoms with E-state index in [1.165, 1.54) is 25.7 Å². The van der Waals surface area contributed by atoms with Gasteiger partial charge in [-0.2, -0.15) is 26.3 Å². The van der Waals surface area contributed by atoms with E-state index < -0.39 is 30.4 Å². The summed E-state index contributed by atoms with van der Waals surface area (Å²) in [5, 5.41) is 0.519. The van der Waals surface area contributed by atoms with Gasteiger partial charge in [-0.15, -0.1) is 11.6 Å². The molecule has 18 heavy (non-hydrogen) atoms. The predicted octanol–water partition coefficient (Wildman–Crippen LogP) is 4.80. The van der Waals surface area contributed by atoms with E-state index in [0.717, 1.165) is 0 Å². The smallest absolute Gasteiger partial charge is 0.240 e. The van der Waals surface area contributed by atoms with Gasteiger partial charge in [-0.25, -0.2) is 4.39 Å². The molecule has 2 aliphatic rings. The minimum absolute atomic E-state index is 0.519. The Bertz CT molecular complexity index is 286. The van der Waals surface area contributed by atoms with Crippen molar-refractivity contribution in [3.8, 4) is 0 Å². The molecule has 0 aliphatic heterocycles. The maximum atomic E-state index is 12.0. The Morgan fingerprint density at radius 2 is 1.33 bits per heavy atom. The van der Waals surface area contributed by atoms with Gasteiger partial charge in [0.1, 0.15) is 0 Å². The van der Waals surface area contributed by atoms with Crippen LogP contribution >= 0.6 is 11.6 Å². The van der Waals surface area contributed by atoms with E-state index in [2.05, 4.69) is 0 Å². The molecular formula is C10H12ClF7. The van der Waals surface area contributed by atoms with Crippen molar-refractivity contribution in [2.24, 2.45) is 0 Å². The summed E-state index contributed by atoms with van der Waals surface area (Å²) in [6.45, 7) is 0. The van der Waals surface area contributed by atoms with Crippen LogP contribution in [0.1, 0.15) is 32.1 Å². The van der Waals surface area contributed by atoms with Crippen LogP contribution in [0.3, 0.4) is 0 Å². The monoisotopic (exact) mass is 300 g/mol. The molecule has 0 spiro atoms. The van der Waals surface area contributed by atoms with E-state index in [1.807, 2.05) is 0 Å². The van der Waals surface area contributed by atoms with Crippen LogP contribution in [-0.2, 0) is 0 Å². The minimum atomic E-state index is -5.58. The van der Waals surface area contributed by atoms with E-state index in [9.17, 15) is 30.7 Å². The first-order chi connectivity index (χ1) is 8.02. The van der Waals surface area contributed by atoms with Gasteiger partial charge in [-0.1, -0.05) is 12.8 Å². The number of alkyl halides is 8. The molecule has 0 aromatic carbocycles. The normalized spacial score (nSPS) is 33.0. The Kier molecular flexibility index (Phi) is 4.45. The number of hydrogen-bond acceptors (Lipinski definition) is 0. The van der Waals surface area contributed by atoms with Crippen LogP contribution in [0.25, 0.3) is 0 Å². The number of hydrogen-bond donors (Lipinski definition) is 0. The molecule has 0 heterocycles. The van der Waals surface area contributed by atoms with Crippen molar-refractivity contribution in [1.82, 2.24) is 0 Å². The molecule has 108 valence electrons. The maximum Gasteiger partial charge on any atom is 0.375 e. The van der Waals surface area contributed by atoms with E-state index in [-0.39, 0.29) is 0 Å². The van der Waals surface area contributed by atoms with E-state index in [1.54, 1.807) is 0 Å². The fourth-order valence-corrected chi connectivity index (χ4v) is 2.11. The van der Waals surface area contributed by atoms with Crippen molar-refractivity contribution in [2.75, 3.05) is 0 Å². The lowest BCUT2D eigenvalue weighted by atomic mass is 10.2.